The maximum atomic E-state index is 11.6. The molecule has 0 bridgehead atoms. The van der Waals surface area contributed by atoms with Crippen LogP contribution in [0.5, 0.6) is 0 Å². The van der Waals surface area contributed by atoms with Crippen molar-refractivity contribution in [2.75, 3.05) is 33.0 Å². The molecule has 0 aliphatic carbocycles. The summed E-state index contributed by atoms with van der Waals surface area (Å²) in [5.74, 6) is -0.183. The van der Waals surface area contributed by atoms with Crippen LogP contribution in [0.1, 0.15) is 19.8 Å². The van der Waals surface area contributed by atoms with Crippen molar-refractivity contribution in [1.29, 1.82) is 0 Å². The predicted molar refractivity (Wildman–Crippen MR) is 61.0 cm³/mol. The zero-order valence-electron chi connectivity index (χ0n) is 9.91. The number of hydrogen-bond acceptors (Lipinski definition) is 4. The Hall–Kier alpha value is -0.650. The fourth-order valence-electron chi connectivity index (χ4n) is 1.60. The highest BCUT2D eigenvalue weighted by Crippen LogP contribution is 2.11. The van der Waals surface area contributed by atoms with E-state index in [1.165, 1.54) is 0 Å². The van der Waals surface area contributed by atoms with Crippen LogP contribution in [-0.4, -0.2) is 44.9 Å². The Morgan fingerprint density at radius 2 is 2.31 bits per heavy atom. The Balaban J connectivity index is 2.02. The number of carbonyl (C=O) groups is 1. The highest BCUT2D eigenvalue weighted by atomic mass is 16.5. The summed E-state index contributed by atoms with van der Waals surface area (Å²) in [6, 6.07) is -0.156. The van der Waals surface area contributed by atoms with Crippen molar-refractivity contribution in [1.82, 2.24) is 5.32 Å². The van der Waals surface area contributed by atoms with Crippen molar-refractivity contribution in [3.8, 4) is 0 Å². The quantitative estimate of drug-likeness (QED) is 0.599. The standard InChI is InChI=1S/C11H22N2O3/c1-2-5-15-6-3-4-13-11(14)9-7-16-8-10(9)12/h9-10H,2-8,12H2,1H3,(H,13,14). The molecule has 1 heterocycles. The lowest BCUT2D eigenvalue weighted by Crippen LogP contribution is -2.41. The fourth-order valence-corrected chi connectivity index (χ4v) is 1.60. The van der Waals surface area contributed by atoms with Crippen molar-refractivity contribution in [3.05, 3.63) is 0 Å². The number of rotatable bonds is 7. The minimum atomic E-state index is -0.184. The van der Waals surface area contributed by atoms with Crippen LogP contribution in [0.25, 0.3) is 0 Å². The SMILES string of the molecule is CCCOCCCNC(=O)C1COCC1N. The van der Waals surface area contributed by atoms with Crippen LogP contribution in [0.3, 0.4) is 0 Å². The lowest BCUT2D eigenvalue weighted by molar-refractivity contribution is -0.125. The summed E-state index contributed by atoms with van der Waals surface area (Å²) in [6.07, 6.45) is 1.87. The van der Waals surface area contributed by atoms with Gasteiger partial charge >= 0.3 is 0 Å². The summed E-state index contributed by atoms with van der Waals surface area (Å²) >= 11 is 0. The molecular formula is C11H22N2O3. The van der Waals surface area contributed by atoms with Gasteiger partial charge in [0.15, 0.2) is 0 Å². The van der Waals surface area contributed by atoms with Crippen molar-refractivity contribution in [3.63, 3.8) is 0 Å². The molecule has 1 aliphatic rings. The van der Waals surface area contributed by atoms with E-state index in [0.29, 0.717) is 26.4 Å². The first kappa shape index (κ1) is 13.4. The van der Waals surface area contributed by atoms with Crippen molar-refractivity contribution in [2.45, 2.75) is 25.8 Å². The van der Waals surface area contributed by atoms with Gasteiger partial charge in [0.25, 0.3) is 0 Å². The summed E-state index contributed by atoms with van der Waals surface area (Å²) in [4.78, 5) is 11.6. The third-order valence-corrected chi connectivity index (χ3v) is 2.57. The molecular weight excluding hydrogens is 208 g/mol. The fraction of sp³-hybridized carbons (Fsp3) is 0.909. The van der Waals surface area contributed by atoms with E-state index in [1.807, 2.05) is 0 Å². The van der Waals surface area contributed by atoms with Gasteiger partial charge in [-0.15, -0.1) is 0 Å². The highest BCUT2D eigenvalue weighted by molar-refractivity contribution is 5.79. The summed E-state index contributed by atoms with van der Waals surface area (Å²) in [5, 5.41) is 2.85. The van der Waals surface area contributed by atoms with E-state index in [-0.39, 0.29) is 17.9 Å². The summed E-state index contributed by atoms with van der Waals surface area (Å²) in [7, 11) is 0. The topological polar surface area (TPSA) is 73.6 Å². The van der Waals surface area contributed by atoms with Crippen LogP contribution in [0, 0.1) is 5.92 Å². The van der Waals surface area contributed by atoms with Crippen LogP contribution in [-0.2, 0) is 14.3 Å². The van der Waals surface area contributed by atoms with E-state index in [0.717, 1.165) is 19.4 Å². The van der Waals surface area contributed by atoms with Crippen LogP contribution in [0.2, 0.25) is 0 Å². The van der Waals surface area contributed by atoms with E-state index in [4.69, 9.17) is 15.2 Å². The van der Waals surface area contributed by atoms with Gasteiger partial charge < -0.3 is 20.5 Å². The van der Waals surface area contributed by atoms with Gasteiger partial charge in [0.05, 0.1) is 19.1 Å². The van der Waals surface area contributed by atoms with Gasteiger partial charge in [-0.25, -0.2) is 0 Å². The van der Waals surface area contributed by atoms with Crippen molar-refractivity contribution in [2.24, 2.45) is 11.7 Å². The molecule has 0 saturated carbocycles. The number of hydrogen-bond donors (Lipinski definition) is 2. The molecule has 0 aromatic heterocycles. The molecule has 2 atom stereocenters. The molecule has 94 valence electrons. The second-order valence-corrected chi connectivity index (χ2v) is 4.06. The third-order valence-electron chi connectivity index (χ3n) is 2.57. The number of amides is 1. The number of nitrogens with two attached hydrogens (primary N) is 1. The zero-order valence-corrected chi connectivity index (χ0v) is 9.91. The van der Waals surface area contributed by atoms with E-state index in [9.17, 15) is 4.79 Å². The van der Waals surface area contributed by atoms with Gasteiger partial charge in [0.1, 0.15) is 0 Å². The summed E-state index contributed by atoms with van der Waals surface area (Å²) in [6.45, 7) is 5.13. The van der Waals surface area contributed by atoms with Gasteiger partial charge in [-0.2, -0.15) is 0 Å². The highest BCUT2D eigenvalue weighted by Gasteiger charge is 2.30. The molecule has 0 radical (unpaired) electrons. The normalized spacial score (nSPS) is 24.6. The van der Waals surface area contributed by atoms with Gasteiger partial charge in [-0.05, 0) is 12.8 Å². The van der Waals surface area contributed by atoms with E-state index in [1.54, 1.807) is 0 Å². The Labute approximate surface area is 96.7 Å². The average Bonchev–Trinajstić information content (AvgIpc) is 2.69. The smallest absolute Gasteiger partial charge is 0.227 e. The molecule has 16 heavy (non-hydrogen) atoms. The first-order chi connectivity index (χ1) is 7.75. The number of carbonyl (C=O) groups excluding carboxylic acids is 1. The molecule has 1 fully saturated rings. The minimum Gasteiger partial charge on any atom is -0.381 e. The second kappa shape index (κ2) is 7.60. The molecule has 1 rings (SSSR count). The lowest BCUT2D eigenvalue weighted by atomic mass is 10.0. The lowest BCUT2D eigenvalue weighted by Gasteiger charge is -2.13. The van der Waals surface area contributed by atoms with Crippen molar-refractivity contribution >= 4 is 5.91 Å². The first-order valence-corrected chi connectivity index (χ1v) is 5.94. The summed E-state index contributed by atoms with van der Waals surface area (Å²) in [5.41, 5.74) is 5.74. The van der Waals surface area contributed by atoms with Gasteiger partial charge in [-0.3, -0.25) is 4.79 Å². The molecule has 1 saturated heterocycles. The molecule has 1 amide bonds. The van der Waals surface area contributed by atoms with Crippen LogP contribution < -0.4 is 11.1 Å². The monoisotopic (exact) mass is 230 g/mol. The molecule has 0 aromatic rings. The maximum absolute atomic E-state index is 11.6. The van der Waals surface area contributed by atoms with E-state index in [2.05, 4.69) is 12.2 Å². The van der Waals surface area contributed by atoms with Gasteiger partial charge in [0.2, 0.25) is 5.91 Å². The first-order valence-electron chi connectivity index (χ1n) is 5.94. The largest absolute Gasteiger partial charge is 0.381 e. The Morgan fingerprint density at radius 1 is 1.50 bits per heavy atom. The maximum Gasteiger partial charge on any atom is 0.227 e. The Bertz CT molecular complexity index is 211. The number of ether oxygens (including phenoxy) is 2. The molecule has 0 spiro atoms. The van der Waals surface area contributed by atoms with Crippen molar-refractivity contribution < 1.29 is 14.3 Å². The second-order valence-electron chi connectivity index (χ2n) is 4.06. The molecule has 2 unspecified atom stereocenters. The van der Waals surface area contributed by atoms with Crippen LogP contribution >= 0.6 is 0 Å². The predicted octanol–water partition coefficient (Wildman–Crippen LogP) is -0.107. The minimum absolute atomic E-state index is 0.000455. The third kappa shape index (κ3) is 4.47. The molecule has 0 aromatic carbocycles. The van der Waals surface area contributed by atoms with Gasteiger partial charge in [0, 0.05) is 25.8 Å². The average molecular weight is 230 g/mol. The van der Waals surface area contributed by atoms with Gasteiger partial charge in [-0.1, -0.05) is 6.92 Å². The van der Waals surface area contributed by atoms with E-state index < -0.39 is 0 Å². The molecule has 1 aliphatic heterocycles. The van der Waals surface area contributed by atoms with Crippen LogP contribution in [0.15, 0.2) is 0 Å². The molecule has 3 N–H and O–H groups in total. The Morgan fingerprint density at radius 3 is 2.94 bits per heavy atom. The Kier molecular flexibility index (Phi) is 6.37. The summed E-state index contributed by atoms with van der Waals surface area (Å²) < 4.78 is 10.4. The van der Waals surface area contributed by atoms with E-state index >= 15 is 0 Å². The van der Waals surface area contributed by atoms with Crippen LogP contribution in [0.4, 0.5) is 0 Å². The number of nitrogens with one attached hydrogen (secondary N) is 1. The molecule has 5 nitrogen and oxygen atoms in total. The molecule has 5 heteroatoms. The zero-order chi connectivity index (χ0) is 11.8.